The van der Waals surface area contributed by atoms with Crippen molar-refractivity contribution in [3.05, 3.63) is 85.1 Å². The van der Waals surface area contributed by atoms with Crippen molar-refractivity contribution in [1.82, 2.24) is 14.9 Å². The van der Waals surface area contributed by atoms with Crippen LogP contribution < -0.4 is 21.3 Å². The summed E-state index contributed by atoms with van der Waals surface area (Å²) in [7, 11) is 0. The zero-order valence-electron chi connectivity index (χ0n) is 17.7. The smallest absolute Gasteiger partial charge is 0.404 e. The number of nitrogens with zero attached hydrogens (tertiary/aromatic N) is 2. The average molecular weight is 519 g/mol. The molecule has 1 heterocycles. The first-order valence-corrected chi connectivity index (χ1v) is 10.4. The van der Waals surface area contributed by atoms with Crippen molar-refractivity contribution >= 4 is 27.9 Å². The number of carbonyl (C=O) groups is 2. The number of carbonyl (C=O) groups excluding carboxylic acids is 1. The van der Waals surface area contributed by atoms with Crippen LogP contribution in [0.3, 0.4) is 0 Å². The van der Waals surface area contributed by atoms with Gasteiger partial charge in [0.2, 0.25) is 11.8 Å². The highest BCUT2D eigenvalue weighted by Gasteiger charge is 2.18. The minimum Gasteiger partial charge on any atom is -0.472 e. The summed E-state index contributed by atoms with van der Waals surface area (Å²) in [6.45, 7) is 3.20. The summed E-state index contributed by atoms with van der Waals surface area (Å²) in [5.74, 6) is -0.831. The molecule has 3 aromatic rings. The lowest BCUT2D eigenvalue weighted by Crippen LogP contribution is -2.25. The fourth-order valence-electron chi connectivity index (χ4n) is 3.18. The second kappa shape index (κ2) is 9.82. The number of nitrogens with one attached hydrogen (secondary N) is 1. The van der Waals surface area contributed by atoms with Crippen LogP contribution in [-0.4, -0.2) is 26.7 Å². The minimum absolute atomic E-state index is 0.0129. The van der Waals surface area contributed by atoms with E-state index in [-0.39, 0.29) is 29.1 Å². The van der Waals surface area contributed by atoms with Gasteiger partial charge in [-0.1, -0.05) is 12.1 Å². The van der Waals surface area contributed by atoms with E-state index in [1.165, 1.54) is 28.8 Å². The third kappa shape index (κ3) is 5.37. The van der Waals surface area contributed by atoms with Crippen LogP contribution in [0, 0.1) is 19.7 Å². The normalized spacial score (nSPS) is 10.7. The molecule has 2 aromatic carbocycles. The Morgan fingerprint density at radius 1 is 1.21 bits per heavy atom. The van der Waals surface area contributed by atoms with Crippen LogP contribution in [0.5, 0.6) is 5.88 Å². The quantitative estimate of drug-likeness (QED) is 0.439. The Labute approximate surface area is 196 Å². The molecule has 172 valence electrons. The molecule has 0 aliphatic carbocycles. The van der Waals surface area contributed by atoms with E-state index in [1.54, 1.807) is 26.0 Å². The second-order valence-electron chi connectivity index (χ2n) is 7.14. The van der Waals surface area contributed by atoms with Gasteiger partial charge in [-0.3, -0.25) is 14.2 Å². The van der Waals surface area contributed by atoms with Gasteiger partial charge < -0.3 is 20.9 Å². The highest BCUT2D eigenvalue weighted by molar-refractivity contribution is 9.10. The largest absolute Gasteiger partial charge is 0.472 e. The van der Waals surface area contributed by atoms with Crippen molar-refractivity contribution in [3.8, 4) is 11.6 Å². The van der Waals surface area contributed by atoms with Crippen molar-refractivity contribution in [2.75, 3.05) is 0 Å². The lowest BCUT2D eigenvalue weighted by atomic mass is 10.1. The maximum atomic E-state index is 13.6. The molecule has 4 N–H and O–H groups in total. The molecular formula is C22H20BrFN4O5. The van der Waals surface area contributed by atoms with Crippen molar-refractivity contribution in [2.24, 2.45) is 5.73 Å². The number of carboxylic acid groups (broad SMARTS) is 1. The maximum Gasteiger partial charge on any atom is 0.404 e. The molecule has 1 aromatic heterocycles. The summed E-state index contributed by atoms with van der Waals surface area (Å²) >= 11 is 3.23. The highest BCUT2D eigenvalue weighted by atomic mass is 79.9. The number of ether oxygens (including phenoxy) is 1. The number of rotatable bonds is 7. The third-order valence-corrected chi connectivity index (χ3v) is 5.54. The van der Waals surface area contributed by atoms with Gasteiger partial charge in [-0.15, -0.1) is 0 Å². The Morgan fingerprint density at radius 2 is 1.94 bits per heavy atom. The van der Waals surface area contributed by atoms with Gasteiger partial charge in [0.15, 0.2) is 0 Å². The Kier molecular flexibility index (Phi) is 7.12. The molecule has 0 saturated carbocycles. The van der Waals surface area contributed by atoms with Crippen LogP contribution in [0.4, 0.5) is 9.18 Å². The Balaban J connectivity index is 1.94. The first kappa shape index (κ1) is 23.9. The standard InChI is InChI=1S/C22H20BrFN4O5/c1-11-3-4-13(19(25)29)8-17(11)28-12(2)27-20(18(23)21(28)30)33-10-14-5-6-16(24)7-15(14)9-26-22(31)32/h3-8,26H,9-10H2,1-2H3,(H2,25,29)(H,31,32). The van der Waals surface area contributed by atoms with Crippen molar-refractivity contribution in [2.45, 2.75) is 27.0 Å². The van der Waals surface area contributed by atoms with Gasteiger partial charge >= 0.3 is 6.09 Å². The fourth-order valence-corrected chi connectivity index (χ4v) is 3.56. The van der Waals surface area contributed by atoms with E-state index < -0.39 is 23.4 Å². The van der Waals surface area contributed by atoms with Gasteiger partial charge in [0, 0.05) is 12.1 Å². The number of nitrogens with two attached hydrogens (primary N) is 1. The SMILES string of the molecule is Cc1ccc(C(N)=O)cc1-n1c(C)nc(OCc2ccc(F)cc2CNC(=O)O)c(Br)c1=O. The molecule has 3 rings (SSSR count). The number of benzene rings is 2. The van der Waals surface area contributed by atoms with Gasteiger partial charge in [-0.2, -0.15) is 4.98 Å². The lowest BCUT2D eigenvalue weighted by molar-refractivity contribution is 0.1000. The molecule has 0 spiro atoms. The second-order valence-corrected chi connectivity index (χ2v) is 7.94. The van der Waals surface area contributed by atoms with Gasteiger partial charge in [-0.25, -0.2) is 9.18 Å². The molecule has 0 unspecified atom stereocenters. The van der Waals surface area contributed by atoms with Crippen LogP contribution in [0.25, 0.3) is 5.69 Å². The predicted molar refractivity (Wildman–Crippen MR) is 121 cm³/mol. The van der Waals surface area contributed by atoms with E-state index in [0.717, 1.165) is 5.56 Å². The molecule has 0 bridgehead atoms. The summed E-state index contributed by atoms with van der Waals surface area (Å²) in [5.41, 5.74) is 7.24. The summed E-state index contributed by atoms with van der Waals surface area (Å²) in [4.78, 5) is 39.8. The van der Waals surface area contributed by atoms with E-state index in [1.807, 2.05) is 0 Å². The molecule has 0 fully saturated rings. The molecule has 0 aliphatic heterocycles. The van der Waals surface area contributed by atoms with Crippen LogP contribution >= 0.6 is 15.9 Å². The third-order valence-electron chi connectivity index (χ3n) is 4.86. The van der Waals surface area contributed by atoms with E-state index in [0.29, 0.717) is 22.6 Å². The molecule has 0 saturated heterocycles. The summed E-state index contributed by atoms with van der Waals surface area (Å²) in [6.07, 6.45) is -1.24. The molecule has 11 heteroatoms. The van der Waals surface area contributed by atoms with Crippen molar-refractivity contribution < 1.29 is 23.8 Å². The summed E-state index contributed by atoms with van der Waals surface area (Å²) in [5, 5.41) is 11.0. The van der Waals surface area contributed by atoms with Crippen LogP contribution in [0.15, 0.2) is 45.7 Å². The molecule has 2 amide bonds. The van der Waals surface area contributed by atoms with Gasteiger partial charge in [-0.05, 0) is 70.7 Å². The number of hydrogen-bond acceptors (Lipinski definition) is 5. The topological polar surface area (TPSA) is 137 Å². The van der Waals surface area contributed by atoms with E-state index in [4.69, 9.17) is 15.6 Å². The average Bonchev–Trinajstić information content (AvgIpc) is 2.75. The zero-order valence-corrected chi connectivity index (χ0v) is 19.3. The molecule has 0 radical (unpaired) electrons. The van der Waals surface area contributed by atoms with Crippen molar-refractivity contribution in [1.29, 1.82) is 0 Å². The summed E-state index contributed by atoms with van der Waals surface area (Å²) in [6, 6.07) is 8.66. The summed E-state index contributed by atoms with van der Waals surface area (Å²) < 4.78 is 20.7. The van der Waals surface area contributed by atoms with E-state index in [2.05, 4.69) is 26.2 Å². The van der Waals surface area contributed by atoms with Gasteiger partial charge in [0.05, 0.1) is 5.69 Å². The Morgan fingerprint density at radius 3 is 2.61 bits per heavy atom. The van der Waals surface area contributed by atoms with Crippen LogP contribution in [-0.2, 0) is 13.2 Å². The fraction of sp³-hybridized carbons (Fsp3) is 0.182. The minimum atomic E-state index is -1.24. The van der Waals surface area contributed by atoms with Crippen molar-refractivity contribution in [3.63, 3.8) is 0 Å². The predicted octanol–water partition coefficient (Wildman–Crippen LogP) is 3.20. The van der Waals surface area contributed by atoms with Crippen LogP contribution in [0.1, 0.15) is 32.9 Å². The van der Waals surface area contributed by atoms with Crippen LogP contribution in [0.2, 0.25) is 0 Å². The maximum absolute atomic E-state index is 13.6. The number of hydrogen-bond donors (Lipinski definition) is 3. The first-order valence-electron chi connectivity index (χ1n) is 9.65. The molecule has 0 aliphatic rings. The lowest BCUT2D eigenvalue weighted by Gasteiger charge is -2.16. The van der Waals surface area contributed by atoms with E-state index >= 15 is 0 Å². The Hall–Kier alpha value is -3.73. The number of amides is 2. The Bertz CT molecular complexity index is 1310. The number of primary amides is 1. The molecule has 33 heavy (non-hydrogen) atoms. The zero-order chi connectivity index (χ0) is 24.3. The monoisotopic (exact) mass is 518 g/mol. The van der Waals surface area contributed by atoms with Gasteiger partial charge in [0.1, 0.15) is 22.7 Å². The first-order chi connectivity index (χ1) is 15.6. The molecule has 9 nitrogen and oxygen atoms in total. The number of aryl methyl sites for hydroxylation is 2. The number of aromatic nitrogens is 2. The molecular weight excluding hydrogens is 499 g/mol. The molecule has 0 atom stereocenters. The van der Waals surface area contributed by atoms with E-state index in [9.17, 15) is 18.8 Å². The van der Waals surface area contributed by atoms with Gasteiger partial charge in [0.25, 0.3) is 5.56 Å². The highest BCUT2D eigenvalue weighted by Crippen LogP contribution is 2.24. The number of halogens is 2.